The maximum atomic E-state index is 12.6. The van der Waals surface area contributed by atoms with Crippen molar-refractivity contribution < 1.29 is 14.5 Å². The first-order valence-corrected chi connectivity index (χ1v) is 11.8. The zero-order chi connectivity index (χ0) is 24.8. The molecule has 0 fully saturated rings. The molecule has 0 spiro atoms. The number of anilines is 1. The SMILES string of the molecule is CCn1c(SCC(=O)Nc2ccc([N+](=O)[O-])cc2)nnc1[C@H](C)NC(=O)c1ccc(Cl)c(Cl)c1. The molecule has 0 unspecified atom stereocenters. The number of hydrogen-bond donors (Lipinski definition) is 2. The number of halogens is 2. The fourth-order valence-electron chi connectivity index (χ4n) is 3.00. The van der Waals surface area contributed by atoms with Crippen molar-refractivity contribution in [2.24, 2.45) is 0 Å². The summed E-state index contributed by atoms with van der Waals surface area (Å²) in [6.07, 6.45) is 0. The van der Waals surface area contributed by atoms with Crippen molar-refractivity contribution in [2.75, 3.05) is 11.1 Å². The number of nitrogens with zero attached hydrogens (tertiary/aromatic N) is 4. The number of benzene rings is 2. The standard InChI is InChI=1S/C21H20Cl2N6O4S/c1-3-28-19(12(2)24-20(31)13-4-9-16(22)17(23)10-13)26-27-21(28)34-11-18(30)25-14-5-7-15(8-6-14)29(32)33/h4-10,12H,3,11H2,1-2H3,(H,24,31)(H,25,30)/t12-/m0/s1. The van der Waals surface area contributed by atoms with E-state index in [1.54, 1.807) is 19.1 Å². The number of carbonyl (C=O) groups excluding carboxylic acids is 2. The van der Waals surface area contributed by atoms with Crippen LogP contribution in [0.5, 0.6) is 0 Å². The van der Waals surface area contributed by atoms with E-state index >= 15 is 0 Å². The van der Waals surface area contributed by atoms with E-state index in [0.29, 0.717) is 33.8 Å². The highest BCUT2D eigenvalue weighted by molar-refractivity contribution is 7.99. The second kappa shape index (κ2) is 11.3. The molecule has 178 valence electrons. The molecule has 34 heavy (non-hydrogen) atoms. The lowest BCUT2D eigenvalue weighted by molar-refractivity contribution is -0.384. The Morgan fingerprint density at radius 3 is 2.47 bits per heavy atom. The molecule has 0 aliphatic carbocycles. The molecular weight excluding hydrogens is 503 g/mol. The van der Waals surface area contributed by atoms with Crippen LogP contribution in [0.15, 0.2) is 47.6 Å². The summed E-state index contributed by atoms with van der Waals surface area (Å²) in [7, 11) is 0. The number of nitro groups is 1. The molecular formula is C21H20Cl2N6O4S. The van der Waals surface area contributed by atoms with Crippen LogP contribution in [0.4, 0.5) is 11.4 Å². The van der Waals surface area contributed by atoms with Gasteiger partial charge in [-0.25, -0.2) is 0 Å². The normalized spacial score (nSPS) is 11.6. The minimum Gasteiger partial charge on any atom is -0.342 e. The van der Waals surface area contributed by atoms with Crippen LogP contribution in [0.1, 0.15) is 36.1 Å². The molecule has 0 aliphatic heterocycles. The molecule has 13 heteroatoms. The Kier molecular flexibility index (Phi) is 8.48. The van der Waals surface area contributed by atoms with Crippen LogP contribution in [-0.2, 0) is 11.3 Å². The molecule has 2 amide bonds. The van der Waals surface area contributed by atoms with Gasteiger partial charge in [0.15, 0.2) is 11.0 Å². The Morgan fingerprint density at radius 2 is 1.85 bits per heavy atom. The summed E-state index contributed by atoms with van der Waals surface area (Å²) in [4.78, 5) is 35.1. The van der Waals surface area contributed by atoms with E-state index in [1.165, 1.54) is 42.1 Å². The van der Waals surface area contributed by atoms with Crippen LogP contribution in [0, 0.1) is 10.1 Å². The third-order valence-electron chi connectivity index (χ3n) is 4.67. The van der Waals surface area contributed by atoms with Crippen molar-refractivity contribution in [3.8, 4) is 0 Å². The van der Waals surface area contributed by atoms with Crippen molar-refractivity contribution in [2.45, 2.75) is 31.6 Å². The molecule has 0 saturated heterocycles. The number of nitrogens with one attached hydrogen (secondary N) is 2. The van der Waals surface area contributed by atoms with E-state index in [2.05, 4.69) is 20.8 Å². The monoisotopic (exact) mass is 522 g/mol. The first-order valence-electron chi connectivity index (χ1n) is 10.1. The van der Waals surface area contributed by atoms with Gasteiger partial charge in [0.1, 0.15) is 0 Å². The molecule has 1 heterocycles. The van der Waals surface area contributed by atoms with Crippen LogP contribution < -0.4 is 10.6 Å². The lowest BCUT2D eigenvalue weighted by Gasteiger charge is -2.15. The average molecular weight is 523 g/mol. The Bertz CT molecular complexity index is 1220. The van der Waals surface area contributed by atoms with Gasteiger partial charge >= 0.3 is 0 Å². The van der Waals surface area contributed by atoms with Crippen LogP contribution in [0.3, 0.4) is 0 Å². The van der Waals surface area contributed by atoms with Gasteiger partial charge in [-0.15, -0.1) is 10.2 Å². The van der Waals surface area contributed by atoms with Gasteiger partial charge in [0.25, 0.3) is 11.6 Å². The first-order chi connectivity index (χ1) is 16.2. The molecule has 0 bridgehead atoms. The molecule has 2 N–H and O–H groups in total. The highest BCUT2D eigenvalue weighted by Gasteiger charge is 2.20. The molecule has 10 nitrogen and oxygen atoms in total. The summed E-state index contributed by atoms with van der Waals surface area (Å²) in [6.45, 7) is 4.21. The molecule has 1 aromatic heterocycles. The van der Waals surface area contributed by atoms with Crippen LogP contribution in [-0.4, -0.2) is 37.3 Å². The smallest absolute Gasteiger partial charge is 0.269 e. The zero-order valence-corrected chi connectivity index (χ0v) is 20.4. The first kappa shape index (κ1) is 25.5. The summed E-state index contributed by atoms with van der Waals surface area (Å²) in [5.74, 6) is -0.0475. The molecule has 0 radical (unpaired) electrons. The number of amides is 2. The van der Waals surface area contributed by atoms with Crippen LogP contribution in [0.25, 0.3) is 0 Å². The number of non-ortho nitro benzene ring substituents is 1. The van der Waals surface area contributed by atoms with Crippen LogP contribution >= 0.6 is 35.0 Å². The summed E-state index contributed by atoms with van der Waals surface area (Å²) < 4.78 is 1.81. The average Bonchev–Trinajstić information content (AvgIpc) is 3.23. The van der Waals surface area contributed by atoms with E-state index in [4.69, 9.17) is 23.2 Å². The van der Waals surface area contributed by atoms with Crippen molar-refractivity contribution in [3.05, 3.63) is 74.0 Å². The highest BCUT2D eigenvalue weighted by atomic mass is 35.5. The Hall–Kier alpha value is -3.15. The summed E-state index contributed by atoms with van der Waals surface area (Å²) in [5, 5.41) is 25.8. The second-order valence-electron chi connectivity index (χ2n) is 7.05. The molecule has 2 aromatic carbocycles. The van der Waals surface area contributed by atoms with E-state index in [0.717, 1.165) is 0 Å². The van der Waals surface area contributed by atoms with Crippen molar-refractivity contribution in [1.82, 2.24) is 20.1 Å². The number of carbonyl (C=O) groups is 2. The number of rotatable bonds is 9. The Balaban J connectivity index is 1.61. The molecule has 3 aromatic rings. The lowest BCUT2D eigenvalue weighted by atomic mass is 10.2. The minimum absolute atomic E-state index is 0.0547. The van der Waals surface area contributed by atoms with Gasteiger partial charge in [-0.1, -0.05) is 35.0 Å². The predicted octanol–water partition coefficient (Wildman–Crippen LogP) is 4.73. The minimum atomic E-state index is -0.509. The summed E-state index contributed by atoms with van der Waals surface area (Å²) >= 11 is 13.1. The number of hydrogen-bond acceptors (Lipinski definition) is 7. The quantitative estimate of drug-likeness (QED) is 0.235. The number of thioether (sulfide) groups is 1. The van der Waals surface area contributed by atoms with Gasteiger partial charge in [0, 0.05) is 29.9 Å². The van der Waals surface area contributed by atoms with Crippen molar-refractivity contribution >= 4 is 58.2 Å². The summed E-state index contributed by atoms with van der Waals surface area (Å²) in [5.41, 5.74) is 0.755. The van der Waals surface area contributed by atoms with Gasteiger partial charge in [-0.2, -0.15) is 0 Å². The number of aromatic nitrogens is 3. The van der Waals surface area contributed by atoms with Gasteiger partial charge in [-0.05, 0) is 44.2 Å². The Morgan fingerprint density at radius 1 is 1.15 bits per heavy atom. The second-order valence-corrected chi connectivity index (χ2v) is 8.81. The van der Waals surface area contributed by atoms with E-state index in [1.807, 2.05) is 11.5 Å². The third-order valence-corrected chi connectivity index (χ3v) is 6.38. The van der Waals surface area contributed by atoms with E-state index < -0.39 is 11.0 Å². The summed E-state index contributed by atoms with van der Waals surface area (Å²) in [6, 6.07) is 9.71. The number of nitro benzene ring substituents is 1. The third kappa shape index (κ3) is 6.25. The Labute approximate surface area is 209 Å². The maximum absolute atomic E-state index is 12.6. The molecule has 3 rings (SSSR count). The maximum Gasteiger partial charge on any atom is 0.269 e. The van der Waals surface area contributed by atoms with Crippen molar-refractivity contribution in [3.63, 3.8) is 0 Å². The van der Waals surface area contributed by atoms with Gasteiger partial charge in [-0.3, -0.25) is 19.7 Å². The molecule has 0 aliphatic rings. The van der Waals surface area contributed by atoms with Crippen LogP contribution in [0.2, 0.25) is 10.0 Å². The zero-order valence-electron chi connectivity index (χ0n) is 18.1. The predicted molar refractivity (Wildman–Crippen MR) is 130 cm³/mol. The fourth-order valence-corrected chi connectivity index (χ4v) is 4.11. The molecule has 0 saturated carbocycles. The topological polar surface area (TPSA) is 132 Å². The van der Waals surface area contributed by atoms with E-state index in [9.17, 15) is 19.7 Å². The van der Waals surface area contributed by atoms with Gasteiger partial charge in [0.05, 0.1) is 26.8 Å². The largest absolute Gasteiger partial charge is 0.342 e. The lowest BCUT2D eigenvalue weighted by Crippen LogP contribution is -2.28. The van der Waals surface area contributed by atoms with E-state index in [-0.39, 0.29) is 28.3 Å². The highest BCUT2D eigenvalue weighted by Crippen LogP contribution is 2.24. The molecule has 1 atom stereocenters. The van der Waals surface area contributed by atoms with Crippen molar-refractivity contribution in [1.29, 1.82) is 0 Å². The van der Waals surface area contributed by atoms with Gasteiger partial charge < -0.3 is 15.2 Å². The van der Waals surface area contributed by atoms with Gasteiger partial charge in [0.2, 0.25) is 5.91 Å². The fraction of sp³-hybridized carbons (Fsp3) is 0.238.